The Morgan fingerprint density at radius 3 is 2.72 bits per heavy atom. The molecule has 2 bridgehead atoms. The predicted octanol–water partition coefficient (Wildman–Crippen LogP) is 2.84. The highest BCUT2D eigenvalue weighted by atomic mass is 19.1. The summed E-state index contributed by atoms with van der Waals surface area (Å²) >= 11 is 0. The standard InChI is InChI=1S/C21H22FN5O2/c1-21-10-13(11-26(21)2)19(20(21)22)29-18-6-5-16(24-25-18)15-4-3-14(9-17(15)28)27-8-7-23-12-27/h3-9,12-13,19-20,28H,10-11H2,1-2H3/t13-,19-,20-,21-/m1/s1. The molecule has 7 nitrogen and oxygen atoms in total. The number of phenolic OH excluding ortho intramolecular Hbond substituents is 1. The van der Waals surface area contributed by atoms with Crippen LogP contribution in [0, 0.1) is 5.92 Å². The first-order valence-corrected chi connectivity index (χ1v) is 9.63. The van der Waals surface area contributed by atoms with E-state index in [1.54, 1.807) is 47.6 Å². The van der Waals surface area contributed by atoms with Gasteiger partial charge in [-0.3, -0.25) is 4.90 Å². The lowest BCUT2D eigenvalue weighted by Gasteiger charge is -2.38. The Balaban J connectivity index is 1.34. The Kier molecular flexibility index (Phi) is 4.06. The van der Waals surface area contributed by atoms with Crippen LogP contribution in [0.15, 0.2) is 49.1 Å². The molecular weight excluding hydrogens is 373 g/mol. The van der Waals surface area contributed by atoms with Gasteiger partial charge >= 0.3 is 0 Å². The third-order valence-corrected chi connectivity index (χ3v) is 6.36. The SMILES string of the molecule is CN1C[C@H]2C[C@]1(C)[C@H](F)[C@@H]2Oc1ccc(-c2ccc(-n3ccnc3)cc2O)nn1. The van der Waals surface area contributed by atoms with Crippen molar-refractivity contribution in [2.75, 3.05) is 13.6 Å². The molecule has 5 rings (SSSR count). The zero-order valence-corrected chi connectivity index (χ0v) is 16.2. The molecule has 2 aromatic heterocycles. The highest BCUT2D eigenvalue weighted by molar-refractivity contribution is 5.68. The van der Waals surface area contributed by atoms with Crippen LogP contribution in [0.1, 0.15) is 13.3 Å². The van der Waals surface area contributed by atoms with Gasteiger partial charge in [-0.2, -0.15) is 0 Å². The van der Waals surface area contributed by atoms with E-state index in [2.05, 4.69) is 20.1 Å². The van der Waals surface area contributed by atoms with Gasteiger partial charge in [-0.15, -0.1) is 10.2 Å². The van der Waals surface area contributed by atoms with Crippen molar-refractivity contribution < 1.29 is 14.2 Å². The predicted molar refractivity (Wildman–Crippen MR) is 105 cm³/mol. The van der Waals surface area contributed by atoms with E-state index in [4.69, 9.17) is 4.74 Å². The van der Waals surface area contributed by atoms with Crippen LogP contribution in [-0.2, 0) is 0 Å². The first-order valence-electron chi connectivity index (χ1n) is 9.63. The second-order valence-electron chi connectivity index (χ2n) is 8.11. The average molecular weight is 395 g/mol. The molecule has 1 N–H and O–H groups in total. The number of aromatic nitrogens is 4. The lowest BCUT2D eigenvalue weighted by molar-refractivity contribution is -0.0143. The second kappa shape index (κ2) is 6.52. The molecule has 2 aliphatic rings. The number of aromatic hydroxyl groups is 1. The summed E-state index contributed by atoms with van der Waals surface area (Å²) in [6, 6.07) is 8.69. The number of benzene rings is 1. The van der Waals surface area contributed by atoms with Crippen LogP contribution in [0.3, 0.4) is 0 Å². The van der Waals surface area contributed by atoms with Crippen molar-refractivity contribution in [1.29, 1.82) is 0 Å². The van der Waals surface area contributed by atoms with Gasteiger partial charge < -0.3 is 14.4 Å². The van der Waals surface area contributed by atoms with Crippen LogP contribution in [0.5, 0.6) is 11.6 Å². The van der Waals surface area contributed by atoms with E-state index in [1.165, 1.54) is 0 Å². The van der Waals surface area contributed by atoms with Crippen molar-refractivity contribution in [2.24, 2.45) is 5.92 Å². The maximum absolute atomic E-state index is 14.9. The summed E-state index contributed by atoms with van der Waals surface area (Å²) in [5.74, 6) is 0.544. The second-order valence-corrected chi connectivity index (χ2v) is 8.11. The molecular formula is C21H22FN5O2. The molecule has 29 heavy (non-hydrogen) atoms. The Labute approximate surface area is 167 Å². The molecule has 0 radical (unpaired) electrons. The molecule has 1 saturated carbocycles. The quantitative estimate of drug-likeness (QED) is 0.732. The Bertz CT molecular complexity index is 1030. The van der Waals surface area contributed by atoms with Gasteiger partial charge in [0, 0.05) is 42.6 Å². The van der Waals surface area contributed by atoms with Crippen molar-refractivity contribution in [1.82, 2.24) is 24.6 Å². The van der Waals surface area contributed by atoms with Gasteiger partial charge in [0.15, 0.2) is 6.17 Å². The van der Waals surface area contributed by atoms with Crippen molar-refractivity contribution in [3.05, 3.63) is 49.1 Å². The van der Waals surface area contributed by atoms with Crippen LogP contribution in [-0.4, -0.2) is 61.2 Å². The molecule has 1 aliphatic carbocycles. The minimum absolute atomic E-state index is 0.0899. The van der Waals surface area contributed by atoms with E-state index in [-0.39, 0.29) is 11.7 Å². The zero-order chi connectivity index (χ0) is 20.2. The van der Waals surface area contributed by atoms with Crippen LogP contribution < -0.4 is 4.74 Å². The summed E-state index contributed by atoms with van der Waals surface area (Å²) in [5, 5.41) is 18.7. The number of ether oxygens (including phenoxy) is 1. The zero-order valence-electron chi connectivity index (χ0n) is 16.2. The monoisotopic (exact) mass is 395 g/mol. The fourth-order valence-corrected chi connectivity index (χ4v) is 4.58. The minimum atomic E-state index is -1.06. The van der Waals surface area contributed by atoms with E-state index in [9.17, 15) is 9.50 Å². The summed E-state index contributed by atoms with van der Waals surface area (Å²) in [6.07, 6.45) is 4.36. The number of nitrogens with zero attached hydrogens (tertiary/aromatic N) is 5. The van der Waals surface area contributed by atoms with Crippen molar-refractivity contribution >= 4 is 0 Å². The molecule has 3 heterocycles. The molecule has 4 atom stereocenters. The number of halogens is 1. The van der Waals surface area contributed by atoms with Crippen molar-refractivity contribution in [3.63, 3.8) is 0 Å². The fraction of sp³-hybridized carbons (Fsp3) is 0.381. The number of alkyl halides is 1. The summed E-state index contributed by atoms with van der Waals surface area (Å²) in [5.41, 5.74) is 1.40. The Morgan fingerprint density at radius 2 is 2.10 bits per heavy atom. The van der Waals surface area contributed by atoms with Crippen molar-refractivity contribution in [2.45, 2.75) is 31.2 Å². The first kappa shape index (κ1) is 18.1. The number of fused-ring (bicyclic) bond motifs is 2. The number of likely N-dealkylation sites (tertiary alicyclic amines) is 1. The molecule has 1 aliphatic heterocycles. The highest BCUT2D eigenvalue weighted by Crippen LogP contribution is 2.48. The van der Waals surface area contributed by atoms with Crippen LogP contribution in [0.2, 0.25) is 0 Å². The first-order chi connectivity index (χ1) is 14.0. The minimum Gasteiger partial charge on any atom is -0.507 e. The van der Waals surface area contributed by atoms with Crippen LogP contribution >= 0.6 is 0 Å². The highest BCUT2D eigenvalue weighted by Gasteiger charge is 2.60. The number of hydrogen-bond donors (Lipinski definition) is 1. The van der Waals surface area contributed by atoms with E-state index < -0.39 is 17.8 Å². The summed E-state index contributed by atoms with van der Waals surface area (Å²) in [4.78, 5) is 6.08. The van der Waals surface area contributed by atoms with Gasteiger partial charge in [0.05, 0.1) is 23.2 Å². The summed E-state index contributed by atoms with van der Waals surface area (Å²) in [7, 11) is 1.96. The molecule has 3 aromatic rings. The van der Waals surface area contributed by atoms with E-state index in [0.717, 1.165) is 18.7 Å². The normalized spacial score (nSPS) is 28.7. The fourth-order valence-electron chi connectivity index (χ4n) is 4.58. The van der Waals surface area contributed by atoms with Crippen molar-refractivity contribution in [3.8, 4) is 28.6 Å². The molecule has 1 aromatic carbocycles. The average Bonchev–Trinajstić information content (AvgIpc) is 3.40. The van der Waals surface area contributed by atoms with Gasteiger partial charge in [0.1, 0.15) is 11.9 Å². The maximum Gasteiger partial charge on any atom is 0.233 e. The molecule has 150 valence electrons. The molecule has 2 fully saturated rings. The Hall–Kier alpha value is -3.00. The molecule has 8 heteroatoms. The topological polar surface area (TPSA) is 76.3 Å². The lowest BCUT2D eigenvalue weighted by Crippen LogP contribution is -2.54. The molecule has 0 spiro atoms. The number of imidazole rings is 1. The largest absolute Gasteiger partial charge is 0.507 e. The van der Waals surface area contributed by atoms with Gasteiger partial charge in [-0.1, -0.05) is 0 Å². The number of piperidine rings is 1. The number of hydrogen-bond acceptors (Lipinski definition) is 6. The third-order valence-electron chi connectivity index (χ3n) is 6.36. The summed E-state index contributed by atoms with van der Waals surface area (Å²) in [6.45, 7) is 2.77. The molecule has 1 saturated heterocycles. The Morgan fingerprint density at radius 1 is 1.24 bits per heavy atom. The van der Waals surface area contributed by atoms with E-state index in [0.29, 0.717) is 17.1 Å². The van der Waals surface area contributed by atoms with Gasteiger partial charge in [0.2, 0.25) is 5.88 Å². The van der Waals surface area contributed by atoms with E-state index >= 15 is 0 Å². The van der Waals surface area contributed by atoms with Crippen LogP contribution in [0.25, 0.3) is 16.9 Å². The van der Waals surface area contributed by atoms with Crippen LogP contribution in [0.4, 0.5) is 4.39 Å². The third kappa shape index (κ3) is 2.86. The lowest BCUT2D eigenvalue weighted by atomic mass is 9.97. The van der Waals surface area contributed by atoms with Gasteiger partial charge in [-0.05, 0) is 38.6 Å². The molecule has 0 amide bonds. The number of phenols is 1. The van der Waals surface area contributed by atoms with Gasteiger partial charge in [0.25, 0.3) is 0 Å². The molecule has 0 unspecified atom stereocenters. The summed E-state index contributed by atoms with van der Waals surface area (Å²) < 4.78 is 22.6. The number of rotatable bonds is 4. The van der Waals surface area contributed by atoms with E-state index in [1.807, 2.05) is 20.0 Å². The van der Waals surface area contributed by atoms with Gasteiger partial charge in [-0.25, -0.2) is 9.37 Å². The maximum atomic E-state index is 14.9. The smallest absolute Gasteiger partial charge is 0.233 e.